The number of nitrogens with one attached hydrogen (secondary N) is 2. The molecule has 1 atom stereocenters. The highest BCUT2D eigenvalue weighted by Gasteiger charge is 2.45. The van der Waals surface area contributed by atoms with Crippen molar-refractivity contribution in [2.75, 3.05) is 39.8 Å². The molecule has 0 amide bonds. The first-order valence-corrected chi connectivity index (χ1v) is 11.1. The van der Waals surface area contributed by atoms with Crippen molar-refractivity contribution in [2.45, 2.75) is 31.1 Å². The average molecular weight is 536 g/mol. The van der Waals surface area contributed by atoms with Gasteiger partial charge in [0.25, 0.3) is 0 Å². The maximum atomic E-state index is 14.2. The van der Waals surface area contributed by atoms with Crippen molar-refractivity contribution in [3.63, 3.8) is 0 Å². The maximum Gasteiger partial charge on any atom is 0.191 e. The van der Waals surface area contributed by atoms with Gasteiger partial charge >= 0.3 is 0 Å². The summed E-state index contributed by atoms with van der Waals surface area (Å²) in [7, 11) is 1.80. The summed E-state index contributed by atoms with van der Waals surface area (Å²) < 4.78 is 14.2. The number of guanidine groups is 1. The Morgan fingerprint density at radius 1 is 1.10 bits per heavy atom. The van der Waals surface area contributed by atoms with Gasteiger partial charge in [0.1, 0.15) is 5.82 Å². The average Bonchev–Trinajstić information content (AvgIpc) is 3.43. The summed E-state index contributed by atoms with van der Waals surface area (Å²) in [6, 6.07) is 17.9. The van der Waals surface area contributed by atoms with Crippen molar-refractivity contribution in [3.8, 4) is 0 Å². The summed E-state index contributed by atoms with van der Waals surface area (Å²) in [4.78, 5) is 6.94. The first-order valence-electron chi connectivity index (χ1n) is 11.1. The molecule has 2 aliphatic rings. The molecule has 1 aliphatic heterocycles. The van der Waals surface area contributed by atoms with E-state index in [-0.39, 0.29) is 35.2 Å². The van der Waals surface area contributed by atoms with E-state index in [0.717, 1.165) is 57.0 Å². The maximum absolute atomic E-state index is 14.2. The van der Waals surface area contributed by atoms with Crippen LogP contribution < -0.4 is 10.6 Å². The Labute approximate surface area is 202 Å². The molecule has 2 N–H and O–H groups in total. The van der Waals surface area contributed by atoms with Gasteiger partial charge in [-0.2, -0.15) is 0 Å². The normalized spacial score (nSPS) is 20.2. The lowest BCUT2D eigenvalue weighted by atomic mass is 9.95. The highest BCUT2D eigenvalue weighted by molar-refractivity contribution is 14.0. The zero-order chi connectivity index (χ0) is 20.8. The van der Waals surface area contributed by atoms with Gasteiger partial charge in [-0.1, -0.05) is 48.5 Å². The van der Waals surface area contributed by atoms with Crippen LogP contribution in [0.3, 0.4) is 0 Å². The van der Waals surface area contributed by atoms with Gasteiger partial charge in [0.05, 0.1) is 0 Å². The summed E-state index contributed by atoms with van der Waals surface area (Å²) in [5.41, 5.74) is 2.16. The molecule has 0 spiro atoms. The van der Waals surface area contributed by atoms with E-state index < -0.39 is 0 Å². The molecule has 1 heterocycles. The molecular formula is C25H34FIN4. The minimum absolute atomic E-state index is 0. The molecule has 4 nitrogen and oxygen atoms in total. The van der Waals surface area contributed by atoms with Crippen molar-refractivity contribution in [1.29, 1.82) is 0 Å². The van der Waals surface area contributed by atoms with Gasteiger partial charge in [0.15, 0.2) is 5.96 Å². The molecule has 4 rings (SSSR count). The Bertz CT molecular complexity index is 854. The second kappa shape index (κ2) is 11.3. The van der Waals surface area contributed by atoms with Crippen LogP contribution in [0.2, 0.25) is 0 Å². The van der Waals surface area contributed by atoms with Crippen molar-refractivity contribution in [2.24, 2.45) is 10.9 Å². The van der Waals surface area contributed by atoms with Crippen LogP contribution in [0.5, 0.6) is 0 Å². The Morgan fingerprint density at radius 2 is 1.84 bits per heavy atom. The van der Waals surface area contributed by atoms with Crippen LogP contribution in [-0.2, 0) is 11.8 Å². The molecule has 1 aliphatic carbocycles. The molecule has 2 aromatic carbocycles. The molecule has 0 aromatic heterocycles. The predicted molar refractivity (Wildman–Crippen MR) is 137 cm³/mol. The minimum Gasteiger partial charge on any atom is -0.356 e. The van der Waals surface area contributed by atoms with Gasteiger partial charge in [-0.3, -0.25) is 4.99 Å². The fraction of sp³-hybridized carbons (Fsp3) is 0.480. The predicted octanol–water partition coefficient (Wildman–Crippen LogP) is 4.20. The molecule has 1 saturated heterocycles. The zero-order valence-corrected chi connectivity index (χ0v) is 20.6. The molecular weight excluding hydrogens is 502 g/mol. The van der Waals surface area contributed by atoms with E-state index in [4.69, 9.17) is 0 Å². The second-order valence-electron chi connectivity index (χ2n) is 8.76. The van der Waals surface area contributed by atoms with E-state index in [1.165, 1.54) is 18.5 Å². The number of nitrogens with zero attached hydrogens (tertiary/aromatic N) is 2. The topological polar surface area (TPSA) is 39.7 Å². The quantitative estimate of drug-likeness (QED) is 0.302. The molecule has 2 aromatic rings. The van der Waals surface area contributed by atoms with Crippen LogP contribution >= 0.6 is 24.0 Å². The number of aliphatic imine (C=N–C) groups is 1. The number of likely N-dealkylation sites (tertiary alicyclic amines) is 1. The molecule has 1 unspecified atom stereocenters. The van der Waals surface area contributed by atoms with Crippen LogP contribution in [0.25, 0.3) is 0 Å². The molecule has 0 radical (unpaired) electrons. The summed E-state index contributed by atoms with van der Waals surface area (Å²) in [5, 5.41) is 6.93. The van der Waals surface area contributed by atoms with Crippen molar-refractivity contribution >= 4 is 29.9 Å². The first kappa shape index (κ1) is 24.0. The summed E-state index contributed by atoms with van der Waals surface area (Å²) >= 11 is 0. The number of benzene rings is 2. The Morgan fingerprint density at radius 3 is 2.55 bits per heavy atom. The van der Waals surface area contributed by atoms with Crippen molar-refractivity contribution in [1.82, 2.24) is 15.5 Å². The Hall–Kier alpha value is -1.67. The second-order valence-corrected chi connectivity index (χ2v) is 8.76. The fourth-order valence-corrected chi connectivity index (χ4v) is 4.51. The minimum atomic E-state index is -0.0960. The summed E-state index contributed by atoms with van der Waals surface area (Å²) in [5.74, 6) is 1.36. The lowest BCUT2D eigenvalue weighted by Crippen LogP contribution is -2.43. The summed E-state index contributed by atoms with van der Waals surface area (Å²) in [6.07, 6.45) is 4.38. The number of halogens is 2. The van der Waals surface area contributed by atoms with Crippen LogP contribution in [0, 0.1) is 11.7 Å². The molecule has 31 heavy (non-hydrogen) atoms. The van der Waals surface area contributed by atoms with Crippen LogP contribution in [-0.4, -0.2) is 50.6 Å². The lowest BCUT2D eigenvalue weighted by Gasteiger charge is -2.21. The van der Waals surface area contributed by atoms with Gasteiger partial charge in [-0.15, -0.1) is 24.0 Å². The fourth-order valence-electron chi connectivity index (χ4n) is 4.51. The van der Waals surface area contributed by atoms with Crippen LogP contribution in [0.4, 0.5) is 4.39 Å². The van der Waals surface area contributed by atoms with Crippen molar-refractivity contribution < 1.29 is 4.39 Å². The van der Waals surface area contributed by atoms with Gasteiger partial charge in [-0.25, -0.2) is 4.39 Å². The van der Waals surface area contributed by atoms with E-state index in [1.54, 1.807) is 19.2 Å². The largest absolute Gasteiger partial charge is 0.356 e. The first-order chi connectivity index (χ1) is 14.7. The lowest BCUT2D eigenvalue weighted by molar-refractivity contribution is 0.328. The number of rotatable bonds is 8. The third-order valence-electron chi connectivity index (χ3n) is 6.60. The van der Waals surface area contributed by atoms with E-state index in [9.17, 15) is 4.39 Å². The highest BCUT2D eigenvalue weighted by Crippen LogP contribution is 2.48. The third kappa shape index (κ3) is 6.42. The van der Waals surface area contributed by atoms with E-state index in [0.29, 0.717) is 5.92 Å². The molecule has 168 valence electrons. The number of hydrogen-bond donors (Lipinski definition) is 2. The highest BCUT2D eigenvalue weighted by atomic mass is 127. The van der Waals surface area contributed by atoms with Gasteiger partial charge in [-0.05, 0) is 55.3 Å². The SMILES string of the molecule is CN=C(NCC1CCN(CCc2ccccc2)C1)NCC1(c2ccccc2F)CC1.I. The van der Waals surface area contributed by atoms with E-state index >= 15 is 0 Å². The standard InChI is InChI=1S/C25H33FN4.HI/c1-27-24(29-19-25(13-14-25)22-9-5-6-10-23(22)26)28-17-21-12-16-30(18-21)15-11-20-7-3-2-4-8-20;/h2-10,21H,11-19H2,1H3,(H2,27,28,29);1H. The Kier molecular flexibility index (Phi) is 8.72. The molecule has 1 saturated carbocycles. The zero-order valence-electron chi connectivity index (χ0n) is 18.3. The molecule has 6 heteroatoms. The van der Waals surface area contributed by atoms with Crippen LogP contribution in [0.1, 0.15) is 30.4 Å². The monoisotopic (exact) mass is 536 g/mol. The van der Waals surface area contributed by atoms with Gasteiger partial charge in [0.2, 0.25) is 0 Å². The van der Waals surface area contributed by atoms with Gasteiger partial charge < -0.3 is 15.5 Å². The van der Waals surface area contributed by atoms with E-state index in [1.807, 2.05) is 12.1 Å². The van der Waals surface area contributed by atoms with Gasteiger partial charge in [0, 0.05) is 38.6 Å². The third-order valence-corrected chi connectivity index (χ3v) is 6.60. The Balaban J connectivity index is 0.00000272. The molecule has 2 fully saturated rings. The number of hydrogen-bond acceptors (Lipinski definition) is 2. The molecule has 0 bridgehead atoms. The smallest absolute Gasteiger partial charge is 0.191 e. The van der Waals surface area contributed by atoms with E-state index in [2.05, 4.69) is 50.9 Å². The van der Waals surface area contributed by atoms with Crippen LogP contribution in [0.15, 0.2) is 59.6 Å². The van der Waals surface area contributed by atoms with Crippen molar-refractivity contribution in [3.05, 3.63) is 71.5 Å². The summed E-state index contributed by atoms with van der Waals surface area (Å²) in [6.45, 7) is 5.08.